The molecule has 0 saturated carbocycles. The van der Waals surface area contributed by atoms with Gasteiger partial charge >= 0.3 is 0 Å². The van der Waals surface area contributed by atoms with E-state index in [1.54, 1.807) is 11.8 Å². The summed E-state index contributed by atoms with van der Waals surface area (Å²) in [5, 5.41) is 0.799. The van der Waals surface area contributed by atoms with Gasteiger partial charge in [-0.3, -0.25) is 0 Å². The quantitative estimate of drug-likeness (QED) is 0.603. The van der Waals surface area contributed by atoms with E-state index in [0.29, 0.717) is 0 Å². The zero-order valence-corrected chi connectivity index (χ0v) is 15.1. The lowest BCUT2D eigenvalue weighted by molar-refractivity contribution is 0.417. The predicted octanol–water partition coefficient (Wildman–Crippen LogP) is 5.61. The zero-order valence-electron chi connectivity index (χ0n) is 12.7. The number of hydrogen-bond donors (Lipinski definition) is 0. The second-order valence-corrected chi connectivity index (χ2v) is 6.97. The molecule has 2 aromatic rings. The molecule has 22 heavy (non-hydrogen) atoms. The first-order valence-electron chi connectivity index (χ1n) is 7.07. The summed E-state index contributed by atoms with van der Waals surface area (Å²) in [6, 6.07) is 14.8. The molecule has 0 N–H and O–H groups in total. The van der Waals surface area contributed by atoms with E-state index in [2.05, 4.69) is 61.5 Å². The summed E-state index contributed by atoms with van der Waals surface area (Å²) in [4.78, 5) is 4.77. The largest absolute Gasteiger partial charge is 0.309 e. The average Bonchev–Trinajstić information content (AvgIpc) is 2.46. The van der Waals surface area contributed by atoms with E-state index in [-0.39, 0.29) is 12.4 Å². The molecule has 0 saturated heterocycles. The van der Waals surface area contributed by atoms with Crippen molar-refractivity contribution in [2.24, 2.45) is 0 Å². The van der Waals surface area contributed by atoms with Crippen molar-refractivity contribution in [2.75, 3.05) is 20.6 Å². The van der Waals surface area contributed by atoms with Crippen molar-refractivity contribution in [3.8, 4) is 0 Å². The fourth-order valence-corrected chi connectivity index (χ4v) is 3.91. The van der Waals surface area contributed by atoms with Crippen LogP contribution in [-0.2, 0) is 0 Å². The van der Waals surface area contributed by atoms with Gasteiger partial charge in [-0.25, -0.2) is 0 Å². The van der Waals surface area contributed by atoms with Gasteiger partial charge in [0.25, 0.3) is 0 Å². The summed E-state index contributed by atoms with van der Waals surface area (Å²) < 4.78 is 0. The molecule has 0 radical (unpaired) electrons. The topological polar surface area (TPSA) is 3.24 Å². The Morgan fingerprint density at radius 1 is 1.05 bits per heavy atom. The van der Waals surface area contributed by atoms with Crippen LogP contribution >= 0.6 is 35.8 Å². The van der Waals surface area contributed by atoms with Crippen molar-refractivity contribution in [2.45, 2.75) is 16.2 Å². The number of nitrogens with zero attached hydrogens (tertiary/aromatic N) is 1. The van der Waals surface area contributed by atoms with Gasteiger partial charge in [0, 0.05) is 21.4 Å². The third kappa shape index (κ3) is 3.69. The highest BCUT2D eigenvalue weighted by molar-refractivity contribution is 7.99. The van der Waals surface area contributed by atoms with Crippen LogP contribution in [0.15, 0.2) is 58.3 Å². The first-order chi connectivity index (χ1) is 10.1. The molecule has 2 aromatic carbocycles. The third-order valence-electron chi connectivity index (χ3n) is 3.56. The van der Waals surface area contributed by atoms with Crippen LogP contribution in [0.1, 0.15) is 17.5 Å². The fourth-order valence-electron chi connectivity index (χ4n) is 2.53. The molecule has 0 amide bonds. The second kappa shape index (κ2) is 7.56. The lowest BCUT2D eigenvalue weighted by Gasteiger charge is -2.22. The Kier molecular flexibility index (Phi) is 5.99. The Balaban J connectivity index is 0.00000176. The molecule has 4 heteroatoms. The van der Waals surface area contributed by atoms with Crippen molar-refractivity contribution in [3.05, 3.63) is 64.7 Å². The Morgan fingerprint density at radius 2 is 1.77 bits per heavy atom. The van der Waals surface area contributed by atoms with Crippen LogP contribution in [0.5, 0.6) is 0 Å². The molecular formula is C18H19Cl2NS. The van der Waals surface area contributed by atoms with Crippen LogP contribution in [0.2, 0.25) is 5.02 Å². The minimum Gasteiger partial charge on any atom is -0.309 e. The molecule has 3 rings (SSSR count). The lowest BCUT2D eigenvalue weighted by atomic mass is 9.96. The number of fused-ring (bicyclic) bond motifs is 2. The zero-order chi connectivity index (χ0) is 14.8. The van der Waals surface area contributed by atoms with Gasteiger partial charge in [-0.1, -0.05) is 53.7 Å². The van der Waals surface area contributed by atoms with Gasteiger partial charge in [0.15, 0.2) is 0 Å². The van der Waals surface area contributed by atoms with Crippen LogP contribution in [0, 0.1) is 0 Å². The van der Waals surface area contributed by atoms with Gasteiger partial charge < -0.3 is 4.90 Å². The molecule has 0 spiro atoms. The van der Waals surface area contributed by atoms with Gasteiger partial charge in [-0.15, -0.1) is 12.4 Å². The van der Waals surface area contributed by atoms with Crippen LogP contribution in [-0.4, -0.2) is 25.5 Å². The SMILES string of the molecule is CN(C)CC/C=C1/c2ccccc2Sc2cc(Cl)ccc21.Cl. The minimum atomic E-state index is 0. The fraction of sp³-hybridized carbons (Fsp3) is 0.222. The van der Waals surface area contributed by atoms with Crippen molar-refractivity contribution in [3.63, 3.8) is 0 Å². The summed E-state index contributed by atoms with van der Waals surface area (Å²) >= 11 is 7.96. The smallest absolute Gasteiger partial charge is 0.0417 e. The van der Waals surface area contributed by atoms with Crippen molar-refractivity contribution in [1.29, 1.82) is 0 Å². The van der Waals surface area contributed by atoms with Gasteiger partial charge in [0.05, 0.1) is 0 Å². The van der Waals surface area contributed by atoms with Gasteiger partial charge in [0.2, 0.25) is 0 Å². The molecule has 0 aliphatic carbocycles. The molecule has 0 unspecified atom stereocenters. The number of rotatable bonds is 3. The monoisotopic (exact) mass is 351 g/mol. The Bertz CT molecular complexity index is 695. The molecule has 0 bridgehead atoms. The second-order valence-electron chi connectivity index (χ2n) is 5.45. The molecule has 1 heterocycles. The Hall–Kier alpha value is -0.930. The van der Waals surface area contributed by atoms with Gasteiger partial charge in [-0.05, 0) is 55.4 Å². The van der Waals surface area contributed by atoms with E-state index >= 15 is 0 Å². The molecular weight excluding hydrogens is 333 g/mol. The highest BCUT2D eigenvalue weighted by Gasteiger charge is 2.20. The van der Waals surface area contributed by atoms with Crippen molar-refractivity contribution in [1.82, 2.24) is 4.90 Å². The van der Waals surface area contributed by atoms with E-state index < -0.39 is 0 Å². The van der Waals surface area contributed by atoms with Crippen LogP contribution in [0.25, 0.3) is 5.57 Å². The van der Waals surface area contributed by atoms with E-state index in [1.807, 2.05) is 6.07 Å². The van der Waals surface area contributed by atoms with E-state index in [1.165, 1.54) is 26.5 Å². The van der Waals surface area contributed by atoms with E-state index in [9.17, 15) is 0 Å². The molecule has 1 nitrogen and oxygen atoms in total. The summed E-state index contributed by atoms with van der Waals surface area (Å²) in [5.74, 6) is 0. The molecule has 116 valence electrons. The Labute approximate surface area is 147 Å². The molecule has 0 aromatic heterocycles. The van der Waals surface area contributed by atoms with E-state index in [0.717, 1.165) is 18.0 Å². The highest BCUT2D eigenvalue weighted by atomic mass is 35.5. The lowest BCUT2D eigenvalue weighted by Crippen LogP contribution is -2.12. The molecule has 0 atom stereocenters. The number of halogens is 2. The van der Waals surface area contributed by atoms with Crippen LogP contribution < -0.4 is 0 Å². The first-order valence-corrected chi connectivity index (χ1v) is 8.26. The maximum atomic E-state index is 6.16. The highest BCUT2D eigenvalue weighted by Crippen LogP contribution is 2.46. The average molecular weight is 352 g/mol. The predicted molar refractivity (Wildman–Crippen MR) is 99.5 cm³/mol. The summed E-state index contributed by atoms with van der Waals surface area (Å²) in [7, 11) is 4.22. The van der Waals surface area contributed by atoms with Crippen molar-refractivity contribution >= 4 is 41.3 Å². The maximum absolute atomic E-state index is 6.16. The molecule has 1 aliphatic heterocycles. The minimum absolute atomic E-state index is 0. The summed E-state index contributed by atoms with van der Waals surface area (Å²) in [6.45, 7) is 1.06. The summed E-state index contributed by atoms with van der Waals surface area (Å²) in [6.07, 6.45) is 3.40. The van der Waals surface area contributed by atoms with Gasteiger partial charge in [0.1, 0.15) is 0 Å². The van der Waals surface area contributed by atoms with Crippen LogP contribution in [0.3, 0.4) is 0 Å². The van der Waals surface area contributed by atoms with E-state index in [4.69, 9.17) is 11.6 Å². The standard InChI is InChI=1S/C18H18ClNS.ClH/c1-20(2)11-5-7-14-15-6-3-4-8-17(15)21-18-12-13(19)9-10-16(14)18;/h3-4,6-10,12H,5,11H2,1-2H3;1H/b14-7-;. The van der Waals surface area contributed by atoms with Crippen LogP contribution in [0.4, 0.5) is 0 Å². The third-order valence-corrected chi connectivity index (χ3v) is 4.92. The summed E-state index contributed by atoms with van der Waals surface area (Å²) in [5.41, 5.74) is 3.95. The first kappa shape index (κ1) is 17.4. The number of hydrogen-bond acceptors (Lipinski definition) is 2. The number of benzene rings is 2. The van der Waals surface area contributed by atoms with Gasteiger partial charge in [-0.2, -0.15) is 0 Å². The Morgan fingerprint density at radius 3 is 2.55 bits per heavy atom. The maximum Gasteiger partial charge on any atom is 0.0417 e. The molecule has 1 aliphatic rings. The van der Waals surface area contributed by atoms with Crippen molar-refractivity contribution < 1.29 is 0 Å². The normalized spacial score (nSPS) is 14.5. The molecule has 0 fully saturated rings.